The topological polar surface area (TPSA) is 89.3 Å². The molecule has 0 saturated carbocycles. The number of hydrogen-bond acceptors (Lipinski definition) is 3. The van der Waals surface area contributed by atoms with Crippen LogP contribution in [0.4, 0.5) is 4.39 Å². The second-order valence-corrected chi connectivity index (χ2v) is 5.81. The zero-order valence-corrected chi connectivity index (χ0v) is 11.1. The Bertz CT molecular complexity index is 582. The summed E-state index contributed by atoms with van der Waals surface area (Å²) in [6.45, 7) is 4.89. The molecule has 5 nitrogen and oxygen atoms in total. The number of nitrogens with one attached hydrogen (secondary N) is 1. The van der Waals surface area contributed by atoms with Crippen LogP contribution in [0.25, 0.3) is 0 Å². The molecule has 0 aliphatic carbocycles. The van der Waals surface area contributed by atoms with E-state index in [0.29, 0.717) is 0 Å². The van der Waals surface area contributed by atoms with Crippen molar-refractivity contribution in [3.05, 3.63) is 29.1 Å². The lowest BCUT2D eigenvalue weighted by molar-refractivity contribution is 0.0942. The molecule has 0 aliphatic heterocycles. The van der Waals surface area contributed by atoms with Gasteiger partial charge in [0.1, 0.15) is 10.7 Å². The van der Waals surface area contributed by atoms with Crippen molar-refractivity contribution in [2.24, 2.45) is 5.14 Å². The molecule has 0 aliphatic rings. The fourth-order valence-corrected chi connectivity index (χ4v) is 2.12. The molecular weight excluding hydrogens is 259 g/mol. The molecule has 0 bridgehead atoms. The summed E-state index contributed by atoms with van der Waals surface area (Å²) < 4.78 is 36.0. The predicted molar refractivity (Wildman–Crippen MR) is 65.1 cm³/mol. The van der Waals surface area contributed by atoms with Gasteiger partial charge in [-0.2, -0.15) is 0 Å². The smallest absolute Gasteiger partial charge is 0.251 e. The van der Waals surface area contributed by atoms with Crippen LogP contribution in [0.3, 0.4) is 0 Å². The normalized spacial score (nSPS) is 11.7. The molecule has 0 atom stereocenters. The van der Waals surface area contributed by atoms with Crippen molar-refractivity contribution in [2.45, 2.75) is 31.7 Å². The molecule has 3 N–H and O–H groups in total. The largest absolute Gasteiger partial charge is 0.350 e. The van der Waals surface area contributed by atoms with Crippen molar-refractivity contribution in [3.8, 4) is 0 Å². The van der Waals surface area contributed by atoms with Gasteiger partial charge in [-0.3, -0.25) is 4.79 Å². The molecular formula is C11H15FN2O3S. The van der Waals surface area contributed by atoms with Crippen LogP contribution in [0.2, 0.25) is 0 Å². The first-order chi connectivity index (χ1) is 8.12. The van der Waals surface area contributed by atoms with Crippen LogP contribution >= 0.6 is 0 Å². The van der Waals surface area contributed by atoms with Crippen LogP contribution in [0.5, 0.6) is 0 Å². The monoisotopic (exact) mass is 274 g/mol. The van der Waals surface area contributed by atoms with Crippen LogP contribution in [0.1, 0.15) is 29.8 Å². The number of nitrogens with two attached hydrogens (primary N) is 1. The summed E-state index contributed by atoms with van der Waals surface area (Å²) in [5.74, 6) is -1.41. The zero-order chi connectivity index (χ0) is 14.1. The summed E-state index contributed by atoms with van der Waals surface area (Å²) in [6.07, 6.45) is 0. The number of amides is 1. The van der Waals surface area contributed by atoms with E-state index in [2.05, 4.69) is 5.32 Å². The van der Waals surface area contributed by atoms with Crippen LogP contribution in [-0.2, 0) is 10.0 Å². The third-order valence-electron chi connectivity index (χ3n) is 2.21. The molecule has 100 valence electrons. The van der Waals surface area contributed by atoms with Crippen molar-refractivity contribution in [1.82, 2.24) is 5.32 Å². The lowest BCUT2D eigenvalue weighted by Gasteiger charge is -2.11. The number of benzene rings is 1. The molecule has 0 saturated heterocycles. The highest BCUT2D eigenvalue weighted by Crippen LogP contribution is 2.19. The van der Waals surface area contributed by atoms with E-state index in [1.807, 2.05) is 0 Å². The molecule has 7 heteroatoms. The van der Waals surface area contributed by atoms with Gasteiger partial charge in [0.25, 0.3) is 5.91 Å². The Hall–Kier alpha value is -1.47. The number of sulfonamides is 1. The number of carbonyl (C=O) groups is 1. The minimum atomic E-state index is -4.20. The van der Waals surface area contributed by atoms with Crippen molar-refractivity contribution in [1.29, 1.82) is 0 Å². The lowest BCUT2D eigenvalue weighted by Crippen LogP contribution is -2.30. The lowest BCUT2D eigenvalue weighted by atomic mass is 10.1. The van der Waals surface area contributed by atoms with E-state index in [-0.39, 0.29) is 17.2 Å². The minimum absolute atomic E-state index is 0.0513. The van der Waals surface area contributed by atoms with Crippen LogP contribution < -0.4 is 10.5 Å². The number of rotatable bonds is 3. The highest BCUT2D eigenvalue weighted by Gasteiger charge is 2.20. The van der Waals surface area contributed by atoms with Crippen LogP contribution in [0, 0.1) is 12.7 Å². The molecule has 1 amide bonds. The maximum atomic E-state index is 13.6. The van der Waals surface area contributed by atoms with Gasteiger partial charge >= 0.3 is 0 Å². The highest BCUT2D eigenvalue weighted by molar-refractivity contribution is 7.89. The average Bonchev–Trinajstić information content (AvgIpc) is 2.18. The average molecular weight is 274 g/mol. The molecule has 18 heavy (non-hydrogen) atoms. The standard InChI is InChI=1S/C11H15FN2O3S/c1-6(2)14-11(15)8-4-7(3)10(12)9(5-8)18(13,16)17/h4-6H,1-3H3,(H,14,15)(H2,13,16,17). The quantitative estimate of drug-likeness (QED) is 0.859. The maximum Gasteiger partial charge on any atom is 0.251 e. The number of hydrogen-bond donors (Lipinski definition) is 2. The zero-order valence-electron chi connectivity index (χ0n) is 10.3. The van der Waals surface area contributed by atoms with Gasteiger partial charge in [-0.25, -0.2) is 17.9 Å². The number of primary sulfonamides is 1. The molecule has 1 aromatic rings. The van der Waals surface area contributed by atoms with Gasteiger partial charge < -0.3 is 5.32 Å². The highest BCUT2D eigenvalue weighted by atomic mass is 32.2. The number of carbonyl (C=O) groups excluding carboxylic acids is 1. The van der Waals surface area contributed by atoms with E-state index < -0.39 is 26.6 Å². The van der Waals surface area contributed by atoms with Crippen molar-refractivity contribution < 1.29 is 17.6 Å². The summed E-state index contributed by atoms with van der Waals surface area (Å²) >= 11 is 0. The predicted octanol–water partition coefficient (Wildman–Crippen LogP) is 0.920. The second kappa shape index (κ2) is 5.03. The van der Waals surface area contributed by atoms with E-state index in [9.17, 15) is 17.6 Å². The van der Waals surface area contributed by atoms with Crippen LogP contribution in [0.15, 0.2) is 17.0 Å². The van der Waals surface area contributed by atoms with E-state index >= 15 is 0 Å². The third kappa shape index (κ3) is 3.27. The van der Waals surface area contributed by atoms with Gasteiger partial charge in [0, 0.05) is 11.6 Å². The van der Waals surface area contributed by atoms with Crippen molar-refractivity contribution in [2.75, 3.05) is 0 Å². The first-order valence-corrected chi connectivity index (χ1v) is 6.81. The van der Waals surface area contributed by atoms with Crippen molar-refractivity contribution in [3.63, 3.8) is 0 Å². The Labute approximate surface area is 105 Å². The molecule has 0 fully saturated rings. The number of aryl methyl sites for hydroxylation is 1. The SMILES string of the molecule is Cc1cc(C(=O)NC(C)C)cc(S(N)(=O)=O)c1F. The molecule has 0 unspecified atom stereocenters. The summed E-state index contributed by atoms with van der Waals surface area (Å²) in [5, 5.41) is 7.48. The maximum absolute atomic E-state index is 13.6. The summed E-state index contributed by atoms with van der Waals surface area (Å²) in [5.41, 5.74) is 0.113. The second-order valence-electron chi connectivity index (χ2n) is 4.28. The Morgan fingerprint density at radius 2 is 1.94 bits per heavy atom. The Kier molecular flexibility index (Phi) is 4.08. The summed E-state index contributed by atoms with van der Waals surface area (Å²) in [6, 6.07) is 2.11. The Morgan fingerprint density at radius 1 is 1.39 bits per heavy atom. The van der Waals surface area contributed by atoms with Gasteiger partial charge in [-0.05, 0) is 38.5 Å². The first kappa shape index (κ1) is 14.6. The van der Waals surface area contributed by atoms with Gasteiger partial charge in [0.15, 0.2) is 0 Å². The van der Waals surface area contributed by atoms with Gasteiger partial charge in [-0.15, -0.1) is 0 Å². The van der Waals surface area contributed by atoms with E-state index in [1.165, 1.54) is 13.0 Å². The third-order valence-corrected chi connectivity index (χ3v) is 3.12. The molecule has 0 heterocycles. The minimum Gasteiger partial charge on any atom is -0.350 e. The number of halogens is 1. The Balaban J connectivity index is 3.34. The van der Waals surface area contributed by atoms with E-state index in [4.69, 9.17) is 5.14 Å². The first-order valence-electron chi connectivity index (χ1n) is 5.26. The van der Waals surface area contributed by atoms with E-state index in [0.717, 1.165) is 6.07 Å². The Morgan fingerprint density at radius 3 is 2.39 bits per heavy atom. The van der Waals surface area contributed by atoms with Gasteiger partial charge in [0.2, 0.25) is 10.0 Å². The molecule has 1 rings (SSSR count). The van der Waals surface area contributed by atoms with Gasteiger partial charge in [0.05, 0.1) is 0 Å². The molecule has 0 radical (unpaired) electrons. The van der Waals surface area contributed by atoms with E-state index in [1.54, 1.807) is 13.8 Å². The molecule has 1 aromatic carbocycles. The van der Waals surface area contributed by atoms with Crippen LogP contribution in [-0.4, -0.2) is 20.4 Å². The fourth-order valence-electron chi connectivity index (χ4n) is 1.42. The summed E-state index contributed by atoms with van der Waals surface area (Å²) in [7, 11) is -4.20. The summed E-state index contributed by atoms with van der Waals surface area (Å²) in [4.78, 5) is 11.1. The van der Waals surface area contributed by atoms with Gasteiger partial charge in [-0.1, -0.05) is 0 Å². The molecule has 0 aromatic heterocycles. The fraction of sp³-hybridized carbons (Fsp3) is 0.364. The molecule has 0 spiro atoms. The van der Waals surface area contributed by atoms with Crippen molar-refractivity contribution >= 4 is 15.9 Å².